The van der Waals surface area contributed by atoms with E-state index in [9.17, 15) is 9.59 Å². The van der Waals surface area contributed by atoms with Gasteiger partial charge in [-0.05, 0) is 18.8 Å². The van der Waals surface area contributed by atoms with Crippen molar-refractivity contribution in [3.63, 3.8) is 0 Å². The van der Waals surface area contributed by atoms with Crippen molar-refractivity contribution in [2.45, 2.75) is 39.0 Å². The number of carbonyl (C=O) groups excluding carboxylic acids is 2. The summed E-state index contributed by atoms with van der Waals surface area (Å²) in [6, 6.07) is 0. The first-order valence-corrected chi connectivity index (χ1v) is 6.67. The van der Waals surface area contributed by atoms with Crippen molar-refractivity contribution in [1.82, 2.24) is 9.78 Å². The summed E-state index contributed by atoms with van der Waals surface area (Å²) in [5, 5.41) is 4.00. The molecular weight excluding hydrogens is 228 g/mol. The molecule has 2 rings (SSSR count). The quantitative estimate of drug-likeness (QED) is 0.607. The van der Waals surface area contributed by atoms with E-state index in [0.29, 0.717) is 17.9 Å². The Morgan fingerprint density at radius 3 is 2.94 bits per heavy atom. The zero-order valence-corrected chi connectivity index (χ0v) is 11.1. The van der Waals surface area contributed by atoms with Crippen LogP contribution >= 0.6 is 0 Å². The van der Waals surface area contributed by atoms with Gasteiger partial charge in [0.15, 0.2) is 5.78 Å². The average Bonchev–Trinajstić information content (AvgIpc) is 2.78. The second-order valence-electron chi connectivity index (χ2n) is 5.21. The molecule has 4 heteroatoms. The second-order valence-corrected chi connectivity index (χ2v) is 5.21. The lowest BCUT2D eigenvalue weighted by atomic mass is 9.76. The van der Waals surface area contributed by atoms with Gasteiger partial charge in [0.25, 0.3) is 0 Å². The maximum Gasteiger partial charge on any atom is 0.176 e. The monoisotopic (exact) mass is 248 g/mol. The predicted molar refractivity (Wildman–Crippen MR) is 68.3 cm³/mol. The van der Waals surface area contributed by atoms with Crippen LogP contribution in [0.2, 0.25) is 0 Å². The van der Waals surface area contributed by atoms with Gasteiger partial charge in [-0.1, -0.05) is 19.8 Å². The third-order valence-electron chi connectivity index (χ3n) is 3.76. The molecule has 2 atom stereocenters. The molecule has 0 N–H and O–H groups in total. The Balaban J connectivity index is 2.10. The maximum atomic E-state index is 12.3. The van der Waals surface area contributed by atoms with Gasteiger partial charge in [0.1, 0.15) is 5.78 Å². The van der Waals surface area contributed by atoms with E-state index in [-0.39, 0.29) is 11.6 Å². The number of aryl methyl sites for hydroxylation is 1. The Kier molecular flexibility index (Phi) is 3.94. The van der Waals surface area contributed by atoms with E-state index in [1.165, 1.54) is 0 Å². The fraction of sp³-hybridized carbons (Fsp3) is 0.643. The van der Waals surface area contributed by atoms with Crippen LogP contribution < -0.4 is 0 Å². The van der Waals surface area contributed by atoms with Crippen LogP contribution in [0.3, 0.4) is 0 Å². The molecule has 1 aliphatic rings. The van der Waals surface area contributed by atoms with Crippen LogP contribution in [0.1, 0.15) is 49.4 Å². The summed E-state index contributed by atoms with van der Waals surface area (Å²) in [5.41, 5.74) is 0.563. The maximum absolute atomic E-state index is 12.3. The van der Waals surface area contributed by atoms with Crippen molar-refractivity contribution in [3.05, 3.63) is 18.0 Å². The topological polar surface area (TPSA) is 52.0 Å². The van der Waals surface area contributed by atoms with E-state index in [1.807, 2.05) is 0 Å². The van der Waals surface area contributed by atoms with E-state index in [4.69, 9.17) is 0 Å². The Hall–Kier alpha value is -1.45. The summed E-state index contributed by atoms with van der Waals surface area (Å²) in [6.07, 6.45) is 7.71. The van der Waals surface area contributed by atoms with Gasteiger partial charge in [-0.25, -0.2) is 0 Å². The molecule has 0 aromatic carbocycles. The Labute approximate surface area is 107 Å². The summed E-state index contributed by atoms with van der Waals surface area (Å²) >= 11 is 0. The number of nitrogens with zero attached hydrogens (tertiary/aromatic N) is 2. The Bertz CT molecular complexity index is 450. The van der Waals surface area contributed by atoms with Gasteiger partial charge >= 0.3 is 0 Å². The average molecular weight is 248 g/mol. The molecule has 18 heavy (non-hydrogen) atoms. The van der Waals surface area contributed by atoms with Gasteiger partial charge in [-0.15, -0.1) is 0 Å². The third kappa shape index (κ3) is 2.68. The van der Waals surface area contributed by atoms with Crippen molar-refractivity contribution in [1.29, 1.82) is 0 Å². The molecule has 4 nitrogen and oxygen atoms in total. The fourth-order valence-electron chi connectivity index (χ4n) is 2.78. The number of rotatable bonds is 4. The third-order valence-corrected chi connectivity index (χ3v) is 3.76. The summed E-state index contributed by atoms with van der Waals surface area (Å²) in [4.78, 5) is 24.2. The van der Waals surface area contributed by atoms with Crippen LogP contribution in [-0.2, 0) is 11.8 Å². The highest BCUT2D eigenvalue weighted by molar-refractivity contribution is 6.10. The van der Waals surface area contributed by atoms with Gasteiger partial charge in [0, 0.05) is 19.7 Å². The minimum absolute atomic E-state index is 0.0473. The molecule has 0 bridgehead atoms. The van der Waals surface area contributed by atoms with Gasteiger partial charge in [0.2, 0.25) is 0 Å². The highest BCUT2D eigenvalue weighted by Gasteiger charge is 2.34. The molecule has 2 unspecified atom stereocenters. The largest absolute Gasteiger partial charge is 0.299 e. The van der Waals surface area contributed by atoms with Crippen LogP contribution in [0.15, 0.2) is 12.4 Å². The van der Waals surface area contributed by atoms with E-state index in [2.05, 4.69) is 12.0 Å². The predicted octanol–water partition coefficient (Wildman–Crippen LogP) is 2.39. The summed E-state index contributed by atoms with van der Waals surface area (Å²) < 4.78 is 1.60. The number of ketones is 2. The first-order chi connectivity index (χ1) is 8.61. The number of hydrogen-bond donors (Lipinski definition) is 0. The normalized spacial score (nSPS) is 24.2. The van der Waals surface area contributed by atoms with Crippen LogP contribution in [0, 0.1) is 11.8 Å². The number of aromatic nitrogens is 2. The lowest BCUT2D eigenvalue weighted by Crippen LogP contribution is -2.31. The number of Topliss-reactive ketones (excluding diaryl/α,β-unsaturated/α-hetero) is 2. The molecule has 1 heterocycles. The highest BCUT2D eigenvalue weighted by Crippen LogP contribution is 2.31. The summed E-state index contributed by atoms with van der Waals surface area (Å²) in [6.45, 7) is 2.15. The molecule has 0 radical (unpaired) electrons. The van der Waals surface area contributed by atoms with E-state index in [0.717, 1.165) is 25.7 Å². The first kappa shape index (κ1) is 13.0. The molecule has 1 saturated carbocycles. The zero-order valence-electron chi connectivity index (χ0n) is 11.1. The van der Waals surface area contributed by atoms with Crippen LogP contribution in [0.5, 0.6) is 0 Å². The lowest BCUT2D eigenvalue weighted by Gasteiger charge is -2.26. The van der Waals surface area contributed by atoms with Crippen molar-refractivity contribution in [2.75, 3.05) is 0 Å². The lowest BCUT2D eigenvalue weighted by molar-refractivity contribution is -0.124. The molecule has 0 amide bonds. The zero-order chi connectivity index (χ0) is 13.1. The molecule has 98 valence electrons. The van der Waals surface area contributed by atoms with E-state index >= 15 is 0 Å². The van der Waals surface area contributed by atoms with Gasteiger partial charge in [-0.3, -0.25) is 14.3 Å². The van der Waals surface area contributed by atoms with Crippen molar-refractivity contribution in [3.8, 4) is 0 Å². The Morgan fingerprint density at radius 1 is 1.56 bits per heavy atom. The standard InChI is InChI=1S/C14H20N2O2/c1-3-4-10-5-6-13(17)12(7-10)14(18)11-8-15-16(2)9-11/h8-10,12H,3-7H2,1-2H3. The molecule has 0 spiro atoms. The number of hydrogen-bond acceptors (Lipinski definition) is 3. The molecule has 1 fully saturated rings. The molecule has 0 aliphatic heterocycles. The first-order valence-electron chi connectivity index (χ1n) is 6.67. The minimum atomic E-state index is -0.431. The molecule has 0 saturated heterocycles. The highest BCUT2D eigenvalue weighted by atomic mass is 16.2. The van der Waals surface area contributed by atoms with Crippen molar-refractivity contribution in [2.24, 2.45) is 18.9 Å². The SMILES string of the molecule is CCCC1CCC(=O)C(C(=O)c2cnn(C)c2)C1. The Morgan fingerprint density at radius 2 is 2.33 bits per heavy atom. The van der Waals surface area contributed by atoms with Gasteiger partial charge in [-0.2, -0.15) is 5.10 Å². The summed E-state index contributed by atoms with van der Waals surface area (Å²) in [5.74, 6) is 0.155. The molecule has 1 aromatic heterocycles. The van der Waals surface area contributed by atoms with Crippen molar-refractivity contribution < 1.29 is 9.59 Å². The van der Waals surface area contributed by atoms with Gasteiger partial charge in [0.05, 0.1) is 17.7 Å². The van der Waals surface area contributed by atoms with Crippen LogP contribution in [0.25, 0.3) is 0 Å². The molecule has 1 aliphatic carbocycles. The van der Waals surface area contributed by atoms with Gasteiger partial charge < -0.3 is 0 Å². The van der Waals surface area contributed by atoms with E-state index < -0.39 is 5.92 Å². The van der Waals surface area contributed by atoms with Crippen LogP contribution in [-0.4, -0.2) is 21.3 Å². The fourth-order valence-corrected chi connectivity index (χ4v) is 2.78. The smallest absolute Gasteiger partial charge is 0.176 e. The van der Waals surface area contributed by atoms with Crippen LogP contribution in [0.4, 0.5) is 0 Å². The number of carbonyl (C=O) groups is 2. The summed E-state index contributed by atoms with van der Waals surface area (Å²) in [7, 11) is 1.78. The molecule has 1 aromatic rings. The van der Waals surface area contributed by atoms with Crippen molar-refractivity contribution >= 4 is 11.6 Å². The molecular formula is C14H20N2O2. The second kappa shape index (κ2) is 5.46. The minimum Gasteiger partial charge on any atom is -0.299 e. The van der Waals surface area contributed by atoms with E-state index in [1.54, 1.807) is 24.1 Å².